The largest absolute Gasteiger partial charge is 0.192 e. The SMILES string of the molecule is N#CC1=CC(c2ccccc2)CC=C1. The lowest BCUT2D eigenvalue weighted by molar-refractivity contribution is 0.848. The number of benzene rings is 1. The summed E-state index contributed by atoms with van der Waals surface area (Å²) in [5, 5.41) is 8.79. The van der Waals surface area contributed by atoms with E-state index in [2.05, 4.69) is 24.3 Å². The molecule has 1 aromatic carbocycles. The molecule has 0 fully saturated rings. The quantitative estimate of drug-likeness (QED) is 0.652. The molecule has 0 N–H and O–H groups in total. The highest BCUT2D eigenvalue weighted by Gasteiger charge is 2.10. The van der Waals surface area contributed by atoms with E-state index in [-0.39, 0.29) is 0 Å². The Morgan fingerprint density at radius 3 is 2.71 bits per heavy atom. The fourth-order valence-electron chi connectivity index (χ4n) is 1.69. The molecule has 0 spiro atoms. The van der Waals surface area contributed by atoms with Crippen LogP contribution in [0.5, 0.6) is 0 Å². The molecule has 1 unspecified atom stereocenters. The molecule has 0 radical (unpaired) electrons. The van der Waals surface area contributed by atoms with Crippen LogP contribution in [0.15, 0.2) is 54.1 Å². The monoisotopic (exact) mass is 181 g/mol. The second kappa shape index (κ2) is 3.93. The number of hydrogen-bond donors (Lipinski definition) is 0. The summed E-state index contributed by atoms with van der Waals surface area (Å²) < 4.78 is 0. The molecule has 1 heteroatoms. The van der Waals surface area contributed by atoms with E-state index in [0.717, 1.165) is 12.0 Å². The fourth-order valence-corrected chi connectivity index (χ4v) is 1.69. The van der Waals surface area contributed by atoms with Gasteiger partial charge in [-0.3, -0.25) is 0 Å². The van der Waals surface area contributed by atoms with Crippen LogP contribution < -0.4 is 0 Å². The normalized spacial score (nSPS) is 19.9. The van der Waals surface area contributed by atoms with Crippen molar-refractivity contribution in [3.8, 4) is 6.07 Å². The molecular formula is C13H11N. The lowest BCUT2D eigenvalue weighted by Crippen LogP contribution is -1.98. The van der Waals surface area contributed by atoms with Gasteiger partial charge < -0.3 is 0 Å². The number of hydrogen-bond acceptors (Lipinski definition) is 1. The summed E-state index contributed by atoms with van der Waals surface area (Å²) in [6.07, 6.45) is 6.99. The van der Waals surface area contributed by atoms with Crippen molar-refractivity contribution in [2.75, 3.05) is 0 Å². The van der Waals surface area contributed by atoms with Gasteiger partial charge in [-0.25, -0.2) is 0 Å². The molecule has 2 rings (SSSR count). The van der Waals surface area contributed by atoms with Gasteiger partial charge in [0.2, 0.25) is 0 Å². The molecule has 14 heavy (non-hydrogen) atoms. The number of allylic oxidation sites excluding steroid dienone is 4. The van der Waals surface area contributed by atoms with Crippen molar-refractivity contribution in [1.82, 2.24) is 0 Å². The second-order valence-corrected chi connectivity index (χ2v) is 3.39. The van der Waals surface area contributed by atoms with Gasteiger partial charge in [0.1, 0.15) is 0 Å². The Hall–Kier alpha value is -1.81. The molecule has 0 heterocycles. The van der Waals surface area contributed by atoms with Gasteiger partial charge in [-0.2, -0.15) is 5.26 Å². The standard InChI is InChI=1S/C13H11N/c14-10-11-5-4-8-13(9-11)12-6-2-1-3-7-12/h1-7,9,13H,8H2. The number of nitrogens with zero attached hydrogens (tertiary/aromatic N) is 1. The van der Waals surface area contributed by atoms with Gasteiger partial charge >= 0.3 is 0 Å². The lowest BCUT2D eigenvalue weighted by atomic mass is 9.90. The van der Waals surface area contributed by atoms with Gasteiger partial charge in [0.05, 0.1) is 6.07 Å². The van der Waals surface area contributed by atoms with Crippen LogP contribution in [0.1, 0.15) is 17.9 Å². The molecule has 0 bridgehead atoms. The summed E-state index contributed by atoms with van der Waals surface area (Å²) in [4.78, 5) is 0. The minimum absolute atomic E-state index is 0.371. The van der Waals surface area contributed by atoms with E-state index in [0.29, 0.717) is 5.92 Å². The average molecular weight is 181 g/mol. The summed E-state index contributed by atoms with van der Waals surface area (Å²) >= 11 is 0. The fraction of sp³-hybridized carbons (Fsp3) is 0.154. The Kier molecular flexibility index (Phi) is 2.46. The van der Waals surface area contributed by atoms with Crippen molar-refractivity contribution in [1.29, 1.82) is 5.26 Å². The van der Waals surface area contributed by atoms with E-state index in [4.69, 9.17) is 5.26 Å². The molecule has 1 aromatic rings. The summed E-state index contributed by atoms with van der Waals surface area (Å²) in [5.41, 5.74) is 2.05. The first-order valence-electron chi connectivity index (χ1n) is 4.73. The predicted octanol–water partition coefficient (Wildman–Crippen LogP) is 3.18. The van der Waals surface area contributed by atoms with Crippen molar-refractivity contribution in [2.45, 2.75) is 12.3 Å². The Balaban J connectivity index is 2.27. The molecule has 0 saturated heterocycles. The maximum Gasteiger partial charge on any atom is 0.0988 e. The number of rotatable bonds is 1. The van der Waals surface area contributed by atoms with Crippen molar-refractivity contribution >= 4 is 0 Å². The molecule has 68 valence electrons. The van der Waals surface area contributed by atoms with Crippen LogP contribution in [-0.4, -0.2) is 0 Å². The van der Waals surface area contributed by atoms with Crippen molar-refractivity contribution in [3.63, 3.8) is 0 Å². The highest BCUT2D eigenvalue weighted by atomic mass is 14.2. The van der Waals surface area contributed by atoms with E-state index < -0.39 is 0 Å². The van der Waals surface area contributed by atoms with Crippen LogP contribution in [0.25, 0.3) is 0 Å². The molecule has 1 atom stereocenters. The Morgan fingerprint density at radius 2 is 2.00 bits per heavy atom. The zero-order valence-corrected chi connectivity index (χ0v) is 7.85. The Labute approximate surface area is 84.0 Å². The molecule has 0 amide bonds. The van der Waals surface area contributed by atoms with E-state index in [9.17, 15) is 0 Å². The smallest absolute Gasteiger partial charge is 0.0988 e. The molecule has 1 aliphatic carbocycles. The zero-order chi connectivity index (χ0) is 9.80. The first kappa shape index (κ1) is 8.77. The van der Waals surface area contributed by atoms with Crippen LogP contribution in [0, 0.1) is 11.3 Å². The minimum Gasteiger partial charge on any atom is -0.192 e. The van der Waals surface area contributed by atoms with Gasteiger partial charge in [-0.15, -0.1) is 0 Å². The summed E-state index contributed by atoms with van der Waals surface area (Å²) in [5.74, 6) is 0.371. The van der Waals surface area contributed by atoms with Crippen LogP contribution in [-0.2, 0) is 0 Å². The summed E-state index contributed by atoms with van der Waals surface area (Å²) in [7, 11) is 0. The topological polar surface area (TPSA) is 23.8 Å². The zero-order valence-electron chi connectivity index (χ0n) is 7.85. The third-order valence-corrected chi connectivity index (χ3v) is 2.42. The first-order valence-corrected chi connectivity index (χ1v) is 4.73. The minimum atomic E-state index is 0.371. The second-order valence-electron chi connectivity index (χ2n) is 3.39. The summed E-state index contributed by atoms with van der Waals surface area (Å²) in [6, 6.07) is 12.5. The maximum absolute atomic E-state index is 8.79. The van der Waals surface area contributed by atoms with E-state index in [1.807, 2.05) is 30.4 Å². The van der Waals surface area contributed by atoms with E-state index in [1.165, 1.54) is 5.56 Å². The lowest BCUT2D eigenvalue weighted by Gasteiger charge is -2.14. The average Bonchev–Trinajstić information content (AvgIpc) is 2.30. The molecule has 0 saturated carbocycles. The van der Waals surface area contributed by atoms with Gasteiger partial charge in [-0.1, -0.05) is 42.5 Å². The number of nitriles is 1. The Bertz CT molecular complexity index is 407. The molecule has 1 nitrogen and oxygen atoms in total. The Morgan fingerprint density at radius 1 is 1.21 bits per heavy atom. The highest BCUT2D eigenvalue weighted by Crippen LogP contribution is 2.26. The maximum atomic E-state index is 8.79. The first-order chi connectivity index (χ1) is 6.90. The van der Waals surface area contributed by atoms with Gasteiger partial charge in [0.25, 0.3) is 0 Å². The van der Waals surface area contributed by atoms with Crippen molar-refractivity contribution in [2.24, 2.45) is 0 Å². The predicted molar refractivity (Wildman–Crippen MR) is 56.6 cm³/mol. The molecule has 0 aromatic heterocycles. The van der Waals surface area contributed by atoms with Gasteiger partial charge in [0, 0.05) is 11.5 Å². The van der Waals surface area contributed by atoms with Crippen molar-refractivity contribution in [3.05, 3.63) is 59.7 Å². The van der Waals surface area contributed by atoms with Gasteiger partial charge in [0.15, 0.2) is 0 Å². The molecular weight excluding hydrogens is 170 g/mol. The third kappa shape index (κ3) is 1.75. The van der Waals surface area contributed by atoms with Crippen LogP contribution in [0.2, 0.25) is 0 Å². The van der Waals surface area contributed by atoms with Crippen molar-refractivity contribution < 1.29 is 0 Å². The van der Waals surface area contributed by atoms with E-state index in [1.54, 1.807) is 0 Å². The molecule has 0 aliphatic heterocycles. The third-order valence-electron chi connectivity index (χ3n) is 2.42. The molecule has 1 aliphatic rings. The van der Waals surface area contributed by atoms with Crippen LogP contribution in [0.4, 0.5) is 0 Å². The van der Waals surface area contributed by atoms with Gasteiger partial charge in [-0.05, 0) is 18.1 Å². The van der Waals surface area contributed by atoms with Crippen LogP contribution >= 0.6 is 0 Å². The summed E-state index contributed by atoms with van der Waals surface area (Å²) in [6.45, 7) is 0. The highest BCUT2D eigenvalue weighted by molar-refractivity contribution is 5.40. The van der Waals surface area contributed by atoms with Crippen LogP contribution in [0.3, 0.4) is 0 Å². The van der Waals surface area contributed by atoms with E-state index >= 15 is 0 Å².